The summed E-state index contributed by atoms with van der Waals surface area (Å²) in [4.78, 5) is 8.95. The SMILES string of the molecule is Cc1cc(N=Cc2ccc(O)c(O)c2)c2ccccc2n1. The lowest BCUT2D eigenvalue weighted by Gasteiger charge is -2.03. The molecule has 4 heteroatoms. The number of pyridine rings is 1. The van der Waals surface area contributed by atoms with Crippen LogP contribution < -0.4 is 0 Å². The number of hydrogen-bond acceptors (Lipinski definition) is 4. The number of para-hydroxylation sites is 1. The second kappa shape index (κ2) is 5.25. The van der Waals surface area contributed by atoms with Gasteiger partial charge in [-0.25, -0.2) is 0 Å². The molecule has 0 amide bonds. The molecule has 0 bridgehead atoms. The Morgan fingerprint density at radius 3 is 2.62 bits per heavy atom. The summed E-state index contributed by atoms with van der Waals surface area (Å²) < 4.78 is 0. The number of aromatic hydroxyl groups is 2. The van der Waals surface area contributed by atoms with Crippen molar-refractivity contribution in [2.24, 2.45) is 4.99 Å². The topological polar surface area (TPSA) is 65.7 Å². The highest BCUT2D eigenvalue weighted by Crippen LogP contribution is 2.27. The van der Waals surface area contributed by atoms with Crippen LogP contribution >= 0.6 is 0 Å². The highest BCUT2D eigenvalue weighted by molar-refractivity contribution is 5.93. The Hall–Kier alpha value is -2.88. The molecule has 1 heterocycles. The van der Waals surface area contributed by atoms with Crippen LogP contribution in [0, 0.1) is 6.92 Å². The molecule has 0 aliphatic heterocycles. The van der Waals surface area contributed by atoms with Gasteiger partial charge in [0.25, 0.3) is 0 Å². The van der Waals surface area contributed by atoms with Crippen molar-refractivity contribution in [2.45, 2.75) is 6.92 Å². The number of benzene rings is 2. The Kier molecular flexibility index (Phi) is 3.28. The van der Waals surface area contributed by atoms with Gasteiger partial charge in [-0.1, -0.05) is 18.2 Å². The lowest BCUT2D eigenvalue weighted by Crippen LogP contribution is -1.85. The lowest BCUT2D eigenvalue weighted by atomic mass is 10.1. The monoisotopic (exact) mass is 278 g/mol. The summed E-state index contributed by atoms with van der Waals surface area (Å²) in [6, 6.07) is 14.3. The number of hydrogen-bond donors (Lipinski definition) is 2. The van der Waals surface area contributed by atoms with Crippen molar-refractivity contribution in [1.82, 2.24) is 4.98 Å². The van der Waals surface area contributed by atoms with E-state index >= 15 is 0 Å². The molecule has 2 aromatic carbocycles. The van der Waals surface area contributed by atoms with E-state index in [4.69, 9.17) is 0 Å². The van der Waals surface area contributed by atoms with E-state index in [1.807, 2.05) is 37.3 Å². The quantitative estimate of drug-likeness (QED) is 0.555. The molecule has 2 N–H and O–H groups in total. The molecule has 0 unspecified atom stereocenters. The molecule has 1 aromatic heterocycles. The van der Waals surface area contributed by atoms with Gasteiger partial charge in [-0.2, -0.15) is 0 Å². The van der Waals surface area contributed by atoms with E-state index in [0.29, 0.717) is 5.56 Å². The molecule has 3 rings (SSSR count). The van der Waals surface area contributed by atoms with E-state index in [1.165, 1.54) is 12.1 Å². The first kappa shape index (κ1) is 13.1. The number of aromatic nitrogens is 1. The zero-order valence-corrected chi connectivity index (χ0v) is 11.5. The zero-order chi connectivity index (χ0) is 14.8. The molecule has 0 saturated carbocycles. The summed E-state index contributed by atoms with van der Waals surface area (Å²) in [5, 5.41) is 19.8. The van der Waals surface area contributed by atoms with E-state index < -0.39 is 0 Å². The fourth-order valence-electron chi connectivity index (χ4n) is 2.16. The summed E-state index contributed by atoms with van der Waals surface area (Å²) in [5.41, 5.74) is 3.34. The van der Waals surface area contributed by atoms with E-state index in [2.05, 4.69) is 9.98 Å². The predicted molar refractivity (Wildman–Crippen MR) is 83.5 cm³/mol. The van der Waals surface area contributed by atoms with Gasteiger partial charge in [0.15, 0.2) is 11.5 Å². The van der Waals surface area contributed by atoms with E-state index in [0.717, 1.165) is 22.3 Å². The molecule has 0 saturated heterocycles. The summed E-state index contributed by atoms with van der Waals surface area (Å²) >= 11 is 0. The van der Waals surface area contributed by atoms with Crippen LogP contribution in [0.15, 0.2) is 53.5 Å². The minimum absolute atomic E-state index is 0.141. The number of fused-ring (bicyclic) bond motifs is 1. The van der Waals surface area contributed by atoms with Gasteiger partial charge in [-0.3, -0.25) is 9.98 Å². The Morgan fingerprint density at radius 2 is 1.81 bits per heavy atom. The molecule has 0 radical (unpaired) electrons. The van der Waals surface area contributed by atoms with Gasteiger partial charge in [-0.15, -0.1) is 0 Å². The Labute approximate surface area is 122 Å². The van der Waals surface area contributed by atoms with Crippen molar-refractivity contribution in [2.75, 3.05) is 0 Å². The molecule has 0 atom stereocenters. The number of phenols is 2. The van der Waals surface area contributed by atoms with E-state index in [-0.39, 0.29) is 11.5 Å². The summed E-state index contributed by atoms with van der Waals surface area (Å²) in [6.07, 6.45) is 1.65. The molecular weight excluding hydrogens is 264 g/mol. The zero-order valence-electron chi connectivity index (χ0n) is 11.5. The molecule has 4 nitrogen and oxygen atoms in total. The first-order valence-corrected chi connectivity index (χ1v) is 6.56. The maximum absolute atomic E-state index is 9.49. The average Bonchev–Trinajstić information content (AvgIpc) is 2.48. The molecule has 3 aromatic rings. The van der Waals surface area contributed by atoms with E-state index in [1.54, 1.807) is 12.3 Å². The van der Waals surface area contributed by atoms with Crippen LogP contribution in [0.25, 0.3) is 10.9 Å². The maximum Gasteiger partial charge on any atom is 0.158 e. The van der Waals surface area contributed by atoms with Gasteiger partial charge < -0.3 is 10.2 Å². The second-order valence-corrected chi connectivity index (χ2v) is 4.81. The van der Waals surface area contributed by atoms with Crippen molar-refractivity contribution >= 4 is 22.8 Å². The molecule has 0 aliphatic carbocycles. The summed E-state index contributed by atoms with van der Waals surface area (Å²) in [7, 11) is 0. The molecule has 0 fully saturated rings. The molecule has 104 valence electrons. The van der Waals surface area contributed by atoms with E-state index in [9.17, 15) is 10.2 Å². The van der Waals surface area contributed by atoms with Crippen molar-refractivity contribution in [3.05, 3.63) is 59.8 Å². The fraction of sp³-hybridized carbons (Fsp3) is 0.0588. The molecule has 0 aliphatic rings. The minimum Gasteiger partial charge on any atom is -0.504 e. The fourth-order valence-corrected chi connectivity index (χ4v) is 2.16. The Bertz CT molecular complexity index is 841. The Morgan fingerprint density at radius 1 is 1.00 bits per heavy atom. The largest absolute Gasteiger partial charge is 0.504 e. The molecule has 0 spiro atoms. The highest BCUT2D eigenvalue weighted by Gasteiger charge is 2.02. The summed E-state index contributed by atoms with van der Waals surface area (Å²) in [5.74, 6) is -0.299. The van der Waals surface area contributed by atoms with Crippen molar-refractivity contribution < 1.29 is 10.2 Å². The van der Waals surface area contributed by atoms with Gasteiger partial charge in [0, 0.05) is 17.3 Å². The second-order valence-electron chi connectivity index (χ2n) is 4.81. The van der Waals surface area contributed by atoms with Crippen LogP contribution in [0.2, 0.25) is 0 Å². The smallest absolute Gasteiger partial charge is 0.158 e. The Balaban J connectivity index is 2.04. The van der Waals surface area contributed by atoms with Gasteiger partial charge in [0.2, 0.25) is 0 Å². The van der Waals surface area contributed by atoms with Gasteiger partial charge in [0.1, 0.15) is 0 Å². The number of aryl methyl sites for hydroxylation is 1. The first-order chi connectivity index (χ1) is 10.1. The minimum atomic E-state index is -0.158. The van der Waals surface area contributed by atoms with Crippen LogP contribution in [0.3, 0.4) is 0 Å². The van der Waals surface area contributed by atoms with Crippen molar-refractivity contribution in [3.8, 4) is 11.5 Å². The number of aliphatic imine (C=N–C) groups is 1. The maximum atomic E-state index is 9.49. The summed E-state index contributed by atoms with van der Waals surface area (Å²) in [6.45, 7) is 1.93. The van der Waals surface area contributed by atoms with Gasteiger partial charge >= 0.3 is 0 Å². The van der Waals surface area contributed by atoms with Crippen molar-refractivity contribution in [3.63, 3.8) is 0 Å². The highest BCUT2D eigenvalue weighted by atomic mass is 16.3. The first-order valence-electron chi connectivity index (χ1n) is 6.56. The third-order valence-corrected chi connectivity index (χ3v) is 3.17. The standard InChI is InChI=1S/C17H14N2O2/c1-11-8-15(13-4-2-3-5-14(13)19-11)18-10-12-6-7-16(20)17(21)9-12/h2-10,20-21H,1H3. The van der Waals surface area contributed by atoms with Crippen LogP contribution in [0.5, 0.6) is 11.5 Å². The van der Waals surface area contributed by atoms with Crippen LogP contribution in [-0.2, 0) is 0 Å². The van der Waals surface area contributed by atoms with Gasteiger partial charge in [-0.05, 0) is 42.8 Å². The number of rotatable bonds is 2. The third-order valence-electron chi connectivity index (χ3n) is 3.17. The van der Waals surface area contributed by atoms with Crippen LogP contribution in [-0.4, -0.2) is 21.4 Å². The number of phenolic OH excluding ortho intramolecular Hbond substituents is 2. The van der Waals surface area contributed by atoms with Crippen LogP contribution in [0.1, 0.15) is 11.3 Å². The number of nitrogens with zero attached hydrogens (tertiary/aromatic N) is 2. The van der Waals surface area contributed by atoms with Crippen molar-refractivity contribution in [1.29, 1.82) is 0 Å². The normalized spacial score (nSPS) is 11.3. The van der Waals surface area contributed by atoms with Gasteiger partial charge in [0.05, 0.1) is 11.2 Å². The lowest BCUT2D eigenvalue weighted by molar-refractivity contribution is 0.403. The molecule has 21 heavy (non-hydrogen) atoms. The van der Waals surface area contributed by atoms with Crippen LogP contribution in [0.4, 0.5) is 5.69 Å². The third kappa shape index (κ3) is 2.69. The predicted octanol–water partition coefficient (Wildman–Crippen LogP) is 3.71. The average molecular weight is 278 g/mol. The molecular formula is C17H14N2O2.